The van der Waals surface area contributed by atoms with Crippen molar-refractivity contribution < 1.29 is 27.5 Å². The average molecular weight is 397 g/mol. The Morgan fingerprint density at radius 2 is 1.93 bits per heavy atom. The second-order valence-electron chi connectivity index (χ2n) is 6.43. The van der Waals surface area contributed by atoms with Crippen molar-refractivity contribution in [3.05, 3.63) is 24.3 Å². The van der Waals surface area contributed by atoms with Crippen LogP contribution >= 0.6 is 0 Å². The maximum atomic E-state index is 12.9. The standard InChI is InChI=1S/C17H23N3O6S/c1-25-13-5-7-14(8-6-13)27(23,24)20-9-2-10-26-15(20)11-18-16(21)17(22)19-12-3-4-12/h5-8,12,15H,2-4,9-11H2,1H3,(H,18,21)(H,19,22)/t15-/m1/s1. The molecule has 10 heteroatoms. The highest BCUT2D eigenvalue weighted by Gasteiger charge is 2.35. The molecule has 0 unspecified atom stereocenters. The number of nitrogens with zero attached hydrogens (tertiary/aromatic N) is 1. The molecule has 0 radical (unpaired) electrons. The summed E-state index contributed by atoms with van der Waals surface area (Å²) in [4.78, 5) is 23.7. The van der Waals surface area contributed by atoms with Gasteiger partial charge in [0.15, 0.2) is 0 Å². The fraction of sp³-hybridized carbons (Fsp3) is 0.529. The van der Waals surface area contributed by atoms with E-state index in [0.29, 0.717) is 18.8 Å². The molecule has 3 rings (SSSR count). The smallest absolute Gasteiger partial charge is 0.309 e. The molecule has 1 aromatic rings. The molecule has 148 valence electrons. The Bertz CT molecular complexity index is 791. The Morgan fingerprint density at radius 1 is 1.22 bits per heavy atom. The molecule has 1 saturated heterocycles. The summed E-state index contributed by atoms with van der Waals surface area (Å²) in [6.45, 7) is 0.541. The van der Waals surface area contributed by atoms with E-state index in [9.17, 15) is 18.0 Å². The van der Waals surface area contributed by atoms with Gasteiger partial charge in [-0.05, 0) is 43.5 Å². The third-order valence-electron chi connectivity index (χ3n) is 4.38. The van der Waals surface area contributed by atoms with Crippen molar-refractivity contribution in [1.82, 2.24) is 14.9 Å². The van der Waals surface area contributed by atoms with Gasteiger partial charge in [0.25, 0.3) is 0 Å². The Balaban J connectivity index is 1.66. The molecular formula is C17H23N3O6S. The fourth-order valence-electron chi connectivity index (χ4n) is 2.72. The number of hydrogen-bond acceptors (Lipinski definition) is 6. The molecule has 0 spiro atoms. The number of rotatable bonds is 6. The van der Waals surface area contributed by atoms with E-state index in [-0.39, 0.29) is 24.0 Å². The number of methoxy groups -OCH3 is 1. The molecule has 2 fully saturated rings. The number of ether oxygens (including phenoxy) is 2. The first-order chi connectivity index (χ1) is 12.9. The highest BCUT2D eigenvalue weighted by atomic mass is 32.2. The molecule has 1 saturated carbocycles. The maximum absolute atomic E-state index is 12.9. The van der Waals surface area contributed by atoms with E-state index in [1.54, 1.807) is 12.1 Å². The Hall–Kier alpha value is -2.17. The van der Waals surface area contributed by atoms with E-state index >= 15 is 0 Å². The molecule has 1 atom stereocenters. The molecule has 2 amide bonds. The van der Waals surface area contributed by atoms with Crippen LogP contribution in [0.3, 0.4) is 0 Å². The van der Waals surface area contributed by atoms with E-state index < -0.39 is 28.1 Å². The second kappa shape index (κ2) is 8.24. The highest BCUT2D eigenvalue weighted by molar-refractivity contribution is 7.89. The van der Waals surface area contributed by atoms with Crippen LogP contribution in [0, 0.1) is 0 Å². The predicted octanol–water partition coefficient (Wildman–Crippen LogP) is -0.173. The van der Waals surface area contributed by atoms with Gasteiger partial charge in [0.2, 0.25) is 10.0 Å². The Labute approximate surface area is 158 Å². The summed E-state index contributed by atoms with van der Waals surface area (Å²) in [7, 11) is -2.31. The van der Waals surface area contributed by atoms with Gasteiger partial charge in [0.05, 0.1) is 25.2 Å². The quantitative estimate of drug-likeness (QED) is 0.644. The second-order valence-corrected chi connectivity index (χ2v) is 8.32. The molecule has 2 aliphatic rings. The minimum atomic E-state index is -3.81. The van der Waals surface area contributed by atoms with Crippen LogP contribution in [0.1, 0.15) is 19.3 Å². The van der Waals surface area contributed by atoms with Crippen molar-refractivity contribution in [2.24, 2.45) is 0 Å². The third-order valence-corrected chi connectivity index (χ3v) is 6.28. The number of carbonyl (C=O) groups is 2. The summed E-state index contributed by atoms with van der Waals surface area (Å²) in [6.07, 6.45) is 1.42. The summed E-state index contributed by atoms with van der Waals surface area (Å²) in [5.41, 5.74) is 0. The lowest BCUT2D eigenvalue weighted by Crippen LogP contribution is -2.53. The van der Waals surface area contributed by atoms with E-state index in [1.165, 1.54) is 23.5 Å². The highest BCUT2D eigenvalue weighted by Crippen LogP contribution is 2.24. The van der Waals surface area contributed by atoms with E-state index in [4.69, 9.17) is 9.47 Å². The van der Waals surface area contributed by atoms with Gasteiger partial charge < -0.3 is 20.1 Å². The monoisotopic (exact) mass is 397 g/mol. The first kappa shape index (κ1) is 19.6. The number of benzene rings is 1. The minimum absolute atomic E-state index is 0.0705. The summed E-state index contributed by atoms with van der Waals surface area (Å²) >= 11 is 0. The largest absolute Gasteiger partial charge is 0.497 e. The van der Waals surface area contributed by atoms with Gasteiger partial charge in [-0.15, -0.1) is 0 Å². The van der Waals surface area contributed by atoms with Crippen molar-refractivity contribution >= 4 is 21.8 Å². The van der Waals surface area contributed by atoms with Crippen LogP contribution in [0.5, 0.6) is 5.75 Å². The molecular weight excluding hydrogens is 374 g/mol. The van der Waals surface area contributed by atoms with Crippen LogP contribution in [-0.2, 0) is 24.3 Å². The van der Waals surface area contributed by atoms with Crippen LogP contribution < -0.4 is 15.4 Å². The summed E-state index contributed by atoms with van der Waals surface area (Å²) in [5.74, 6) is -0.954. The van der Waals surface area contributed by atoms with Crippen LogP contribution in [0.15, 0.2) is 29.2 Å². The van der Waals surface area contributed by atoms with Gasteiger partial charge in [-0.1, -0.05) is 0 Å². The van der Waals surface area contributed by atoms with E-state index in [2.05, 4.69) is 10.6 Å². The lowest BCUT2D eigenvalue weighted by Gasteiger charge is -2.34. The molecule has 2 N–H and O–H groups in total. The lowest BCUT2D eigenvalue weighted by atomic mass is 10.3. The topological polar surface area (TPSA) is 114 Å². The van der Waals surface area contributed by atoms with Gasteiger partial charge in [-0.2, -0.15) is 4.31 Å². The van der Waals surface area contributed by atoms with Crippen molar-refractivity contribution in [1.29, 1.82) is 0 Å². The first-order valence-corrected chi connectivity index (χ1v) is 10.2. The van der Waals surface area contributed by atoms with Gasteiger partial charge in [-0.25, -0.2) is 8.42 Å². The van der Waals surface area contributed by atoms with Crippen molar-refractivity contribution in [2.75, 3.05) is 26.8 Å². The molecule has 27 heavy (non-hydrogen) atoms. The Kier molecular flexibility index (Phi) is 5.98. The Morgan fingerprint density at radius 3 is 2.56 bits per heavy atom. The predicted molar refractivity (Wildman–Crippen MR) is 95.4 cm³/mol. The van der Waals surface area contributed by atoms with E-state index in [1.807, 2.05) is 0 Å². The van der Waals surface area contributed by atoms with Crippen molar-refractivity contribution in [3.8, 4) is 5.75 Å². The normalized spacial score (nSPS) is 20.7. The van der Waals surface area contributed by atoms with Crippen LogP contribution in [0.25, 0.3) is 0 Å². The summed E-state index contributed by atoms with van der Waals surface area (Å²) < 4.78 is 37.7. The minimum Gasteiger partial charge on any atom is -0.497 e. The van der Waals surface area contributed by atoms with Crippen molar-refractivity contribution in [3.63, 3.8) is 0 Å². The molecule has 1 heterocycles. The van der Waals surface area contributed by atoms with Crippen molar-refractivity contribution in [2.45, 2.75) is 36.4 Å². The number of hydrogen-bond donors (Lipinski definition) is 2. The van der Waals surface area contributed by atoms with Gasteiger partial charge >= 0.3 is 11.8 Å². The zero-order valence-electron chi connectivity index (χ0n) is 15.0. The van der Waals surface area contributed by atoms with Crippen LogP contribution in [0.2, 0.25) is 0 Å². The zero-order valence-corrected chi connectivity index (χ0v) is 15.8. The molecule has 1 aromatic carbocycles. The fourth-order valence-corrected chi connectivity index (χ4v) is 4.29. The van der Waals surface area contributed by atoms with Gasteiger partial charge in [0, 0.05) is 12.6 Å². The lowest BCUT2D eigenvalue weighted by molar-refractivity contribution is -0.140. The van der Waals surface area contributed by atoms with Crippen LogP contribution in [0.4, 0.5) is 0 Å². The van der Waals surface area contributed by atoms with E-state index in [0.717, 1.165) is 12.8 Å². The summed E-state index contributed by atoms with van der Waals surface area (Å²) in [5, 5.41) is 5.04. The van der Waals surface area contributed by atoms with Crippen LogP contribution in [-0.4, -0.2) is 63.6 Å². The average Bonchev–Trinajstić information content (AvgIpc) is 3.50. The zero-order chi connectivity index (χ0) is 19.4. The number of nitrogens with one attached hydrogen (secondary N) is 2. The molecule has 9 nitrogen and oxygen atoms in total. The van der Waals surface area contributed by atoms with Gasteiger partial charge in [-0.3, -0.25) is 9.59 Å². The number of carbonyl (C=O) groups excluding carboxylic acids is 2. The molecule has 1 aliphatic heterocycles. The number of amides is 2. The maximum Gasteiger partial charge on any atom is 0.309 e. The third kappa shape index (κ3) is 4.76. The molecule has 1 aliphatic carbocycles. The molecule has 0 aromatic heterocycles. The first-order valence-electron chi connectivity index (χ1n) is 8.78. The van der Waals surface area contributed by atoms with Gasteiger partial charge in [0.1, 0.15) is 12.0 Å². The summed E-state index contributed by atoms with van der Waals surface area (Å²) in [6, 6.07) is 6.12. The SMILES string of the molecule is COc1ccc(S(=O)(=O)N2CCCO[C@@H]2CNC(=O)C(=O)NC2CC2)cc1. The number of sulfonamides is 1. The molecule has 0 bridgehead atoms.